The summed E-state index contributed by atoms with van der Waals surface area (Å²) in [5.41, 5.74) is 0.716. The number of likely N-dealkylation sites (tertiary alicyclic amines) is 1. The molecule has 9 nitrogen and oxygen atoms in total. The maximum atomic E-state index is 12.5. The van der Waals surface area contributed by atoms with Crippen molar-refractivity contribution in [1.29, 1.82) is 0 Å². The van der Waals surface area contributed by atoms with Crippen molar-refractivity contribution in [3.8, 4) is 0 Å². The molecule has 2 N–H and O–H groups in total. The van der Waals surface area contributed by atoms with Crippen LogP contribution in [0.5, 0.6) is 0 Å². The van der Waals surface area contributed by atoms with E-state index in [9.17, 15) is 9.59 Å². The van der Waals surface area contributed by atoms with Crippen molar-refractivity contribution >= 4 is 17.8 Å². The lowest BCUT2D eigenvalue weighted by molar-refractivity contribution is 0.111. The van der Waals surface area contributed by atoms with Gasteiger partial charge in [-0.05, 0) is 19.3 Å². The molecule has 0 unspecified atom stereocenters. The molecule has 3 saturated heterocycles. The molecule has 4 rings (SSSR count). The van der Waals surface area contributed by atoms with Crippen LogP contribution < -0.4 is 10.6 Å². The number of piperidine rings is 1. The van der Waals surface area contributed by atoms with Gasteiger partial charge in [0.2, 0.25) is 0 Å². The normalized spacial score (nSPS) is 26.1. The minimum atomic E-state index is -0.201. The Morgan fingerprint density at radius 1 is 1.38 bits per heavy atom. The van der Waals surface area contributed by atoms with E-state index < -0.39 is 0 Å². The van der Waals surface area contributed by atoms with E-state index in [-0.39, 0.29) is 30.3 Å². The number of hydrogen-bond donors (Lipinski definition) is 2. The Kier molecular flexibility index (Phi) is 4.71. The Morgan fingerprint density at radius 3 is 2.96 bits per heavy atom. The molecule has 1 aromatic rings. The number of ether oxygens (including phenoxy) is 1. The van der Waals surface area contributed by atoms with E-state index in [0.29, 0.717) is 18.8 Å². The van der Waals surface area contributed by atoms with Gasteiger partial charge in [-0.3, -0.25) is 9.58 Å². The minimum Gasteiger partial charge on any atom is -0.442 e. The first-order valence-electron chi connectivity index (χ1n) is 9.43. The number of amides is 3. The molecule has 26 heavy (non-hydrogen) atoms. The van der Waals surface area contributed by atoms with E-state index in [4.69, 9.17) is 4.74 Å². The van der Waals surface area contributed by atoms with Crippen LogP contribution in [0, 0.1) is 0 Å². The summed E-state index contributed by atoms with van der Waals surface area (Å²) in [4.78, 5) is 28.3. The molecule has 3 fully saturated rings. The van der Waals surface area contributed by atoms with Crippen LogP contribution in [0.4, 0.5) is 15.3 Å². The number of urea groups is 1. The molecule has 3 aliphatic heterocycles. The Morgan fingerprint density at radius 2 is 2.19 bits per heavy atom. The molecule has 0 saturated carbocycles. The molecular weight excluding hydrogens is 336 g/mol. The standard InChI is InChI=1S/C17H26N6O3/c1-2-5-22-11-12(8-19-22)20-16(24)21-6-3-13(4-7-21)23-14-9-18-10-15(14)26-17(23)25/h8,11,13-15,18H,2-7,9-10H2,1H3,(H,20,24)/t14-,15+/m1/s1. The molecule has 0 radical (unpaired) electrons. The monoisotopic (exact) mass is 362 g/mol. The predicted octanol–water partition coefficient (Wildman–Crippen LogP) is 1.08. The Bertz CT molecular complexity index is 669. The first-order chi connectivity index (χ1) is 12.7. The molecular formula is C17H26N6O3. The molecule has 142 valence electrons. The largest absolute Gasteiger partial charge is 0.442 e. The van der Waals surface area contributed by atoms with E-state index >= 15 is 0 Å². The topological polar surface area (TPSA) is 91.7 Å². The highest BCUT2D eigenvalue weighted by atomic mass is 16.6. The number of hydrogen-bond acceptors (Lipinski definition) is 5. The molecule has 9 heteroatoms. The lowest BCUT2D eigenvalue weighted by atomic mass is 10.0. The zero-order valence-electron chi connectivity index (χ0n) is 15.1. The summed E-state index contributed by atoms with van der Waals surface area (Å²) in [5, 5.41) is 10.4. The molecule has 1 aromatic heterocycles. The predicted molar refractivity (Wildman–Crippen MR) is 94.9 cm³/mol. The molecule has 0 aliphatic carbocycles. The van der Waals surface area contributed by atoms with Crippen LogP contribution in [0.2, 0.25) is 0 Å². The van der Waals surface area contributed by atoms with Crippen LogP contribution in [0.1, 0.15) is 26.2 Å². The van der Waals surface area contributed by atoms with Gasteiger partial charge in [-0.25, -0.2) is 9.59 Å². The van der Waals surface area contributed by atoms with Crippen molar-refractivity contribution in [2.75, 3.05) is 31.5 Å². The fourth-order valence-corrected chi connectivity index (χ4v) is 4.11. The fourth-order valence-electron chi connectivity index (χ4n) is 4.11. The number of nitrogens with one attached hydrogen (secondary N) is 2. The highest BCUT2D eigenvalue weighted by Crippen LogP contribution is 2.29. The summed E-state index contributed by atoms with van der Waals surface area (Å²) in [5.74, 6) is 0. The van der Waals surface area contributed by atoms with Crippen LogP contribution in [0.15, 0.2) is 12.4 Å². The summed E-state index contributed by atoms with van der Waals surface area (Å²) in [6.45, 7) is 5.72. The van der Waals surface area contributed by atoms with E-state index in [1.807, 2.05) is 15.8 Å². The third kappa shape index (κ3) is 3.23. The average Bonchev–Trinajstić information content (AvgIpc) is 3.32. The molecule has 3 aliphatic rings. The first kappa shape index (κ1) is 17.1. The molecule has 0 spiro atoms. The number of fused-ring (bicyclic) bond motifs is 1. The Labute approximate surface area is 152 Å². The van der Waals surface area contributed by atoms with Crippen LogP contribution in [0.25, 0.3) is 0 Å². The Hall–Kier alpha value is -2.29. The SMILES string of the molecule is CCCn1cc(NC(=O)N2CCC(N3C(=O)O[C@H]4CNC[C@H]43)CC2)cn1. The Balaban J connectivity index is 1.30. The summed E-state index contributed by atoms with van der Waals surface area (Å²) in [6.07, 6.45) is 5.85. The summed E-state index contributed by atoms with van der Waals surface area (Å²) >= 11 is 0. The maximum Gasteiger partial charge on any atom is 0.410 e. The van der Waals surface area contributed by atoms with Gasteiger partial charge in [-0.15, -0.1) is 0 Å². The number of anilines is 1. The highest BCUT2D eigenvalue weighted by Gasteiger charge is 2.48. The quantitative estimate of drug-likeness (QED) is 0.836. The summed E-state index contributed by atoms with van der Waals surface area (Å²) in [6, 6.07) is 0.176. The number of aryl methyl sites for hydroxylation is 1. The number of carbonyl (C=O) groups excluding carboxylic acids is 2. The maximum absolute atomic E-state index is 12.5. The van der Waals surface area contributed by atoms with Gasteiger partial charge in [0.1, 0.15) is 6.10 Å². The molecule has 0 aromatic carbocycles. The van der Waals surface area contributed by atoms with Gasteiger partial charge in [-0.1, -0.05) is 6.92 Å². The zero-order valence-corrected chi connectivity index (χ0v) is 15.1. The minimum absolute atomic E-state index is 0.0246. The van der Waals surface area contributed by atoms with Crippen molar-refractivity contribution in [2.24, 2.45) is 0 Å². The van der Waals surface area contributed by atoms with Gasteiger partial charge in [0.15, 0.2) is 0 Å². The van der Waals surface area contributed by atoms with Gasteiger partial charge in [0, 0.05) is 45.0 Å². The summed E-state index contributed by atoms with van der Waals surface area (Å²) < 4.78 is 7.28. The number of carbonyl (C=O) groups is 2. The van der Waals surface area contributed by atoms with E-state index in [2.05, 4.69) is 22.7 Å². The van der Waals surface area contributed by atoms with Crippen molar-refractivity contribution in [2.45, 2.75) is 50.9 Å². The smallest absolute Gasteiger partial charge is 0.410 e. The fraction of sp³-hybridized carbons (Fsp3) is 0.706. The van der Waals surface area contributed by atoms with Crippen LogP contribution >= 0.6 is 0 Å². The molecule has 3 amide bonds. The zero-order chi connectivity index (χ0) is 18.1. The van der Waals surface area contributed by atoms with Gasteiger partial charge < -0.3 is 20.3 Å². The van der Waals surface area contributed by atoms with E-state index in [0.717, 1.165) is 38.9 Å². The number of nitrogens with zero attached hydrogens (tertiary/aromatic N) is 4. The van der Waals surface area contributed by atoms with Crippen molar-refractivity contribution in [1.82, 2.24) is 24.9 Å². The molecule has 2 atom stereocenters. The van der Waals surface area contributed by atoms with E-state index in [1.54, 1.807) is 11.1 Å². The van der Waals surface area contributed by atoms with Gasteiger partial charge in [0.25, 0.3) is 0 Å². The first-order valence-corrected chi connectivity index (χ1v) is 9.43. The van der Waals surface area contributed by atoms with E-state index in [1.165, 1.54) is 0 Å². The lowest BCUT2D eigenvalue weighted by Crippen LogP contribution is -2.51. The van der Waals surface area contributed by atoms with Gasteiger partial charge in [-0.2, -0.15) is 5.10 Å². The third-order valence-corrected chi connectivity index (χ3v) is 5.43. The van der Waals surface area contributed by atoms with Crippen molar-refractivity contribution in [3.05, 3.63) is 12.4 Å². The number of aromatic nitrogens is 2. The lowest BCUT2D eigenvalue weighted by Gasteiger charge is -2.37. The van der Waals surface area contributed by atoms with Gasteiger partial charge in [0.05, 0.1) is 17.9 Å². The summed E-state index contributed by atoms with van der Waals surface area (Å²) in [7, 11) is 0. The second-order valence-electron chi connectivity index (χ2n) is 7.20. The third-order valence-electron chi connectivity index (χ3n) is 5.43. The molecule has 4 heterocycles. The average molecular weight is 362 g/mol. The van der Waals surface area contributed by atoms with Crippen LogP contribution in [-0.4, -0.2) is 76.1 Å². The molecule has 0 bridgehead atoms. The second kappa shape index (κ2) is 7.14. The van der Waals surface area contributed by atoms with Crippen LogP contribution in [0.3, 0.4) is 0 Å². The second-order valence-corrected chi connectivity index (χ2v) is 7.20. The van der Waals surface area contributed by atoms with Gasteiger partial charge >= 0.3 is 12.1 Å². The highest BCUT2D eigenvalue weighted by molar-refractivity contribution is 5.89. The van der Waals surface area contributed by atoms with Crippen LogP contribution in [-0.2, 0) is 11.3 Å². The number of rotatable bonds is 4. The van der Waals surface area contributed by atoms with Crippen molar-refractivity contribution < 1.29 is 14.3 Å². The van der Waals surface area contributed by atoms with Crippen molar-refractivity contribution in [3.63, 3.8) is 0 Å².